The summed E-state index contributed by atoms with van der Waals surface area (Å²) < 4.78 is 11.0. The summed E-state index contributed by atoms with van der Waals surface area (Å²) in [4.78, 5) is 26.7. The van der Waals surface area contributed by atoms with E-state index in [2.05, 4.69) is 35.7 Å². The molecule has 0 aliphatic carbocycles. The minimum atomic E-state index is -1.09. The van der Waals surface area contributed by atoms with E-state index in [4.69, 9.17) is 14.6 Å². The van der Waals surface area contributed by atoms with Crippen LogP contribution in [-0.4, -0.2) is 58.5 Å². The number of ether oxygens (including phenoxy) is 2. The van der Waals surface area contributed by atoms with Crippen molar-refractivity contribution in [2.24, 2.45) is 5.10 Å². The summed E-state index contributed by atoms with van der Waals surface area (Å²) in [6.07, 6.45) is 3.68. The number of hydrogen-bond donors (Lipinski definition) is 3. The van der Waals surface area contributed by atoms with Gasteiger partial charge in [0.15, 0.2) is 18.1 Å². The predicted octanol–water partition coefficient (Wildman–Crippen LogP) is 3.52. The predicted molar refractivity (Wildman–Crippen MR) is 133 cm³/mol. The van der Waals surface area contributed by atoms with Gasteiger partial charge in [-0.25, -0.2) is 10.2 Å². The van der Waals surface area contributed by atoms with Crippen LogP contribution in [0.15, 0.2) is 53.6 Å². The van der Waals surface area contributed by atoms with Gasteiger partial charge in [-0.1, -0.05) is 24.3 Å². The number of aromatic nitrogens is 3. The average Bonchev–Trinajstić information content (AvgIpc) is 3.39. The molecule has 0 spiro atoms. The summed E-state index contributed by atoms with van der Waals surface area (Å²) in [7, 11) is 0. The second kappa shape index (κ2) is 11.6. The van der Waals surface area contributed by atoms with Gasteiger partial charge < -0.3 is 24.8 Å². The van der Waals surface area contributed by atoms with Crippen LogP contribution in [0.4, 0.5) is 23.5 Å². The van der Waals surface area contributed by atoms with Crippen LogP contribution in [0.3, 0.4) is 0 Å². The van der Waals surface area contributed by atoms with Crippen LogP contribution in [0.25, 0.3) is 0 Å². The lowest BCUT2D eigenvalue weighted by Gasteiger charge is -2.16. The zero-order valence-corrected chi connectivity index (χ0v) is 19.3. The first-order valence-corrected chi connectivity index (χ1v) is 11.3. The van der Waals surface area contributed by atoms with Crippen LogP contribution in [0.2, 0.25) is 0 Å². The summed E-state index contributed by atoms with van der Waals surface area (Å²) in [5.41, 5.74) is 4.25. The summed E-state index contributed by atoms with van der Waals surface area (Å²) in [6.45, 7) is 3.50. The standard InChI is InChI=1S/C24H27N7O4/c1-2-34-19-12-8-9-17(21(19)35-16-20(32)33)15-25-30-23-27-22(26-18-10-4-3-5-11-18)28-24(29-23)31-13-6-7-14-31/h3-5,8-12,15H,2,6-7,13-14,16H2,1H3,(H,32,33)(H2,26,27,28,29,30)/b25-15+. The monoisotopic (exact) mass is 477 g/mol. The zero-order chi connectivity index (χ0) is 24.5. The molecule has 1 fully saturated rings. The molecule has 1 aromatic heterocycles. The molecule has 0 amide bonds. The molecule has 11 nitrogen and oxygen atoms in total. The largest absolute Gasteiger partial charge is 0.490 e. The molecule has 182 valence electrons. The van der Waals surface area contributed by atoms with Crippen LogP contribution in [0.5, 0.6) is 11.5 Å². The van der Waals surface area contributed by atoms with Crippen molar-refractivity contribution in [3.8, 4) is 11.5 Å². The van der Waals surface area contributed by atoms with Gasteiger partial charge in [0.25, 0.3) is 0 Å². The molecule has 0 unspecified atom stereocenters. The first-order chi connectivity index (χ1) is 17.1. The van der Waals surface area contributed by atoms with Gasteiger partial charge in [0.05, 0.1) is 12.8 Å². The SMILES string of the molecule is CCOc1cccc(/C=N/Nc2nc(Nc3ccccc3)nc(N3CCCC3)n2)c1OCC(=O)O. The Hall–Kier alpha value is -4.41. The number of nitrogens with one attached hydrogen (secondary N) is 2. The van der Waals surface area contributed by atoms with Gasteiger partial charge in [-0.15, -0.1) is 0 Å². The van der Waals surface area contributed by atoms with E-state index >= 15 is 0 Å². The fraction of sp³-hybridized carbons (Fsp3) is 0.292. The third kappa shape index (κ3) is 6.56. The molecule has 11 heteroatoms. The number of carbonyl (C=O) groups is 1. The van der Waals surface area contributed by atoms with Gasteiger partial charge in [-0.05, 0) is 44.0 Å². The molecule has 2 aromatic carbocycles. The molecule has 1 saturated heterocycles. The van der Waals surface area contributed by atoms with E-state index in [1.165, 1.54) is 6.21 Å². The number of aliphatic carboxylic acids is 1. The first-order valence-electron chi connectivity index (χ1n) is 11.3. The van der Waals surface area contributed by atoms with E-state index in [0.717, 1.165) is 31.6 Å². The highest BCUT2D eigenvalue weighted by Crippen LogP contribution is 2.30. The Morgan fingerprint density at radius 3 is 2.57 bits per heavy atom. The normalized spacial score (nSPS) is 13.1. The number of hydrogen-bond acceptors (Lipinski definition) is 10. The molecule has 0 radical (unpaired) electrons. The number of carboxylic acids is 1. The second-order valence-corrected chi connectivity index (χ2v) is 7.63. The summed E-state index contributed by atoms with van der Waals surface area (Å²) in [5, 5.41) is 16.5. The topological polar surface area (TPSA) is 134 Å². The Balaban J connectivity index is 1.57. The van der Waals surface area contributed by atoms with E-state index < -0.39 is 12.6 Å². The van der Waals surface area contributed by atoms with Crippen LogP contribution >= 0.6 is 0 Å². The van der Waals surface area contributed by atoms with E-state index in [-0.39, 0.29) is 5.95 Å². The molecule has 4 rings (SSSR count). The number of para-hydroxylation sites is 2. The number of benzene rings is 2. The van der Waals surface area contributed by atoms with E-state index in [9.17, 15) is 4.79 Å². The molecule has 0 atom stereocenters. The lowest BCUT2D eigenvalue weighted by Crippen LogP contribution is -2.21. The fourth-order valence-electron chi connectivity index (χ4n) is 3.53. The average molecular weight is 478 g/mol. The molecule has 0 saturated carbocycles. The van der Waals surface area contributed by atoms with Crippen LogP contribution in [0, 0.1) is 0 Å². The Bertz CT molecular complexity index is 1170. The molecule has 1 aliphatic heterocycles. The van der Waals surface area contributed by atoms with Gasteiger partial charge in [-0.2, -0.15) is 20.1 Å². The van der Waals surface area contributed by atoms with Gasteiger partial charge in [-0.3, -0.25) is 0 Å². The Morgan fingerprint density at radius 1 is 1.06 bits per heavy atom. The van der Waals surface area contributed by atoms with Gasteiger partial charge in [0, 0.05) is 24.3 Å². The van der Waals surface area contributed by atoms with Gasteiger partial charge in [0.1, 0.15) is 0 Å². The van der Waals surface area contributed by atoms with Crippen molar-refractivity contribution in [1.29, 1.82) is 0 Å². The van der Waals surface area contributed by atoms with E-state index in [0.29, 0.717) is 35.6 Å². The summed E-state index contributed by atoms with van der Waals surface area (Å²) in [5.74, 6) is 0.874. The maximum Gasteiger partial charge on any atom is 0.341 e. The minimum Gasteiger partial charge on any atom is -0.490 e. The van der Waals surface area contributed by atoms with Crippen molar-refractivity contribution in [3.05, 3.63) is 54.1 Å². The van der Waals surface area contributed by atoms with Gasteiger partial charge >= 0.3 is 5.97 Å². The lowest BCUT2D eigenvalue weighted by molar-refractivity contribution is -0.139. The highest BCUT2D eigenvalue weighted by molar-refractivity contribution is 5.85. The molecular formula is C24H27N7O4. The van der Waals surface area contributed by atoms with Gasteiger partial charge in [0.2, 0.25) is 17.8 Å². The Labute approximate surface area is 202 Å². The van der Waals surface area contributed by atoms with E-state index in [1.807, 2.05) is 37.3 Å². The van der Waals surface area contributed by atoms with Crippen LogP contribution < -0.4 is 25.1 Å². The molecule has 3 aromatic rings. The molecule has 35 heavy (non-hydrogen) atoms. The van der Waals surface area contributed by atoms with Crippen molar-refractivity contribution in [3.63, 3.8) is 0 Å². The summed E-state index contributed by atoms with van der Waals surface area (Å²) in [6, 6.07) is 14.9. The number of nitrogens with zero attached hydrogens (tertiary/aromatic N) is 5. The highest BCUT2D eigenvalue weighted by Gasteiger charge is 2.18. The van der Waals surface area contributed by atoms with Crippen LogP contribution in [0.1, 0.15) is 25.3 Å². The van der Waals surface area contributed by atoms with Crippen molar-refractivity contribution in [2.75, 3.05) is 41.9 Å². The zero-order valence-electron chi connectivity index (χ0n) is 19.3. The third-order valence-corrected chi connectivity index (χ3v) is 5.06. The maximum absolute atomic E-state index is 11.0. The van der Waals surface area contributed by atoms with Crippen LogP contribution in [-0.2, 0) is 4.79 Å². The van der Waals surface area contributed by atoms with E-state index in [1.54, 1.807) is 18.2 Å². The van der Waals surface area contributed by atoms with Crippen molar-refractivity contribution in [1.82, 2.24) is 15.0 Å². The lowest BCUT2D eigenvalue weighted by atomic mass is 10.2. The molecular weight excluding hydrogens is 450 g/mol. The highest BCUT2D eigenvalue weighted by atomic mass is 16.5. The molecule has 1 aliphatic rings. The third-order valence-electron chi connectivity index (χ3n) is 5.06. The molecule has 2 heterocycles. The summed E-state index contributed by atoms with van der Waals surface area (Å²) >= 11 is 0. The number of rotatable bonds is 11. The van der Waals surface area contributed by atoms with Crippen molar-refractivity contribution >= 4 is 35.7 Å². The van der Waals surface area contributed by atoms with Crippen molar-refractivity contribution in [2.45, 2.75) is 19.8 Å². The smallest absolute Gasteiger partial charge is 0.341 e. The quantitative estimate of drug-likeness (QED) is 0.278. The maximum atomic E-state index is 11.0. The second-order valence-electron chi connectivity index (χ2n) is 7.63. The Kier molecular flexibility index (Phi) is 7.89. The molecule has 0 bridgehead atoms. The Morgan fingerprint density at radius 2 is 1.83 bits per heavy atom. The molecule has 3 N–H and O–H groups in total. The first kappa shape index (κ1) is 23.7. The van der Waals surface area contributed by atoms with Crippen molar-refractivity contribution < 1.29 is 19.4 Å². The minimum absolute atomic E-state index is 0.269. The number of hydrazone groups is 1. The fourth-order valence-corrected chi connectivity index (χ4v) is 3.53. The number of anilines is 4. The number of carboxylic acid groups (broad SMARTS) is 1.